The van der Waals surface area contributed by atoms with Crippen molar-refractivity contribution >= 4 is 29.4 Å². The van der Waals surface area contributed by atoms with Crippen molar-refractivity contribution in [3.8, 4) is 0 Å². The van der Waals surface area contributed by atoms with Gasteiger partial charge in [0.15, 0.2) is 0 Å². The van der Waals surface area contributed by atoms with Crippen LogP contribution in [0.15, 0.2) is 30.3 Å². The zero-order valence-corrected chi connectivity index (χ0v) is 12.6. The van der Waals surface area contributed by atoms with Crippen LogP contribution in [0.3, 0.4) is 0 Å². The third kappa shape index (κ3) is 2.95. The maximum atomic E-state index is 12.4. The summed E-state index contributed by atoms with van der Waals surface area (Å²) in [5, 5.41) is 3.77. The van der Waals surface area contributed by atoms with Crippen LogP contribution in [0.25, 0.3) is 0 Å². The van der Waals surface area contributed by atoms with Crippen molar-refractivity contribution in [2.24, 2.45) is 0 Å². The fourth-order valence-corrected chi connectivity index (χ4v) is 5.17. The SMILES string of the molecule is O=C(NC[C@@H]1CSCCS1)C1(c2ccccc2)CC1. The molecule has 102 valence electrons. The molecule has 19 heavy (non-hydrogen) atoms. The number of hydrogen-bond acceptors (Lipinski definition) is 3. The van der Waals surface area contributed by atoms with E-state index in [0.717, 1.165) is 19.4 Å². The summed E-state index contributed by atoms with van der Waals surface area (Å²) in [6.45, 7) is 0.824. The number of benzene rings is 1. The highest BCUT2D eigenvalue weighted by atomic mass is 32.2. The fourth-order valence-electron chi connectivity index (χ4n) is 2.56. The lowest BCUT2D eigenvalue weighted by Crippen LogP contribution is -2.39. The predicted octanol–water partition coefficient (Wildman–Crippen LogP) is 2.68. The summed E-state index contributed by atoms with van der Waals surface area (Å²) in [7, 11) is 0. The van der Waals surface area contributed by atoms with Crippen LogP contribution in [0.1, 0.15) is 18.4 Å². The van der Waals surface area contributed by atoms with E-state index in [2.05, 4.69) is 17.4 Å². The van der Waals surface area contributed by atoms with Crippen molar-refractivity contribution in [3.05, 3.63) is 35.9 Å². The van der Waals surface area contributed by atoms with E-state index in [1.165, 1.54) is 22.8 Å². The van der Waals surface area contributed by atoms with E-state index < -0.39 is 0 Å². The highest BCUT2D eigenvalue weighted by molar-refractivity contribution is 8.06. The minimum Gasteiger partial charge on any atom is -0.354 e. The van der Waals surface area contributed by atoms with Gasteiger partial charge in [-0.25, -0.2) is 0 Å². The second-order valence-electron chi connectivity index (χ2n) is 5.23. The number of hydrogen-bond donors (Lipinski definition) is 1. The topological polar surface area (TPSA) is 29.1 Å². The minimum atomic E-state index is -0.215. The van der Waals surface area contributed by atoms with Gasteiger partial charge in [0.2, 0.25) is 5.91 Å². The Morgan fingerprint density at radius 2 is 2.05 bits per heavy atom. The van der Waals surface area contributed by atoms with Crippen molar-refractivity contribution < 1.29 is 4.79 Å². The predicted molar refractivity (Wildman–Crippen MR) is 83.9 cm³/mol. The van der Waals surface area contributed by atoms with Gasteiger partial charge in [-0.2, -0.15) is 23.5 Å². The molecule has 1 N–H and O–H groups in total. The maximum absolute atomic E-state index is 12.4. The Morgan fingerprint density at radius 1 is 1.26 bits per heavy atom. The molecular weight excluding hydrogens is 274 g/mol. The molecule has 0 aromatic heterocycles. The van der Waals surface area contributed by atoms with E-state index >= 15 is 0 Å². The number of carbonyl (C=O) groups is 1. The second-order valence-corrected chi connectivity index (χ2v) is 7.78. The molecule has 2 fully saturated rings. The first-order valence-corrected chi connectivity index (χ1v) is 9.05. The molecular formula is C15H19NOS2. The van der Waals surface area contributed by atoms with Gasteiger partial charge in [-0.1, -0.05) is 30.3 Å². The van der Waals surface area contributed by atoms with Crippen molar-refractivity contribution in [1.29, 1.82) is 0 Å². The molecule has 1 aromatic rings. The van der Waals surface area contributed by atoms with Gasteiger partial charge in [0.05, 0.1) is 5.41 Å². The number of rotatable bonds is 4. The molecule has 0 bridgehead atoms. The minimum absolute atomic E-state index is 0.215. The maximum Gasteiger partial charge on any atom is 0.230 e. The largest absolute Gasteiger partial charge is 0.354 e. The molecule has 0 spiro atoms. The molecule has 0 unspecified atom stereocenters. The van der Waals surface area contributed by atoms with Crippen molar-refractivity contribution in [2.75, 3.05) is 23.8 Å². The molecule has 4 heteroatoms. The van der Waals surface area contributed by atoms with Gasteiger partial charge in [-0.05, 0) is 18.4 Å². The van der Waals surface area contributed by atoms with Crippen LogP contribution in [0.2, 0.25) is 0 Å². The first kappa shape index (κ1) is 13.4. The van der Waals surface area contributed by atoms with Crippen molar-refractivity contribution in [2.45, 2.75) is 23.5 Å². The van der Waals surface area contributed by atoms with Crippen LogP contribution in [-0.2, 0) is 10.2 Å². The van der Waals surface area contributed by atoms with Crippen molar-refractivity contribution in [3.63, 3.8) is 0 Å². The Hall–Kier alpha value is -0.610. The zero-order chi connectivity index (χ0) is 13.1. The summed E-state index contributed by atoms with van der Waals surface area (Å²) in [6, 6.07) is 10.2. The Balaban J connectivity index is 1.58. The third-order valence-electron chi connectivity index (χ3n) is 3.89. The molecule has 2 nitrogen and oxygen atoms in total. The third-order valence-corrected chi connectivity index (χ3v) is 6.73. The molecule has 1 aliphatic carbocycles. The van der Waals surface area contributed by atoms with Gasteiger partial charge in [0, 0.05) is 29.1 Å². The zero-order valence-electron chi connectivity index (χ0n) is 10.9. The lowest BCUT2D eigenvalue weighted by molar-refractivity contribution is -0.123. The Labute approximate surface area is 123 Å². The number of thioether (sulfide) groups is 2. The highest BCUT2D eigenvalue weighted by Crippen LogP contribution is 2.48. The van der Waals surface area contributed by atoms with Crippen LogP contribution in [0.4, 0.5) is 0 Å². The molecule has 1 aliphatic heterocycles. The van der Waals surface area contributed by atoms with Crippen LogP contribution in [-0.4, -0.2) is 35.0 Å². The van der Waals surface area contributed by atoms with Crippen molar-refractivity contribution in [1.82, 2.24) is 5.32 Å². The summed E-state index contributed by atoms with van der Waals surface area (Å²) in [4.78, 5) is 12.4. The van der Waals surface area contributed by atoms with Crippen LogP contribution in [0.5, 0.6) is 0 Å². The second kappa shape index (κ2) is 5.80. The van der Waals surface area contributed by atoms with E-state index in [4.69, 9.17) is 0 Å². The Morgan fingerprint density at radius 3 is 2.68 bits per heavy atom. The van der Waals surface area contributed by atoms with E-state index in [0.29, 0.717) is 5.25 Å². The van der Waals surface area contributed by atoms with Gasteiger partial charge < -0.3 is 5.32 Å². The molecule has 1 atom stereocenters. The number of amides is 1. The van der Waals surface area contributed by atoms with Crippen LogP contribution in [0, 0.1) is 0 Å². The summed E-state index contributed by atoms with van der Waals surface area (Å²) < 4.78 is 0. The average molecular weight is 293 g/mol. The molecule has 1 saturated heterocycles. The first-order valence-electron chi connectivity index (χ1n) is 6.84. The Kier molecular flexibility index (Phi) is 4.08. The first-order chi connectivity index (χ1) is 9.31. The van der Waals surface area contributed by atoms with Gasteiger partial charge in [0.1, 0.15) is 0 Å². The Bertz CT molecular complexity index is 439. The smallest absolute Gasteiger partial charge is 0.230 e. The van der Waals surface area contributed by atoms with Crippen LogP contribution >= 0.6 is 23.5 Å². The lowest BCUT2D eigenvalue weighted by atomic mass is 9.95. The fraction of sp³-hybridized carbons (Fsp3) is 0.533. The standard InChI is InChI=1S/C15H19NOS2/c17-14(16-10-13-11-18-8-9-19-13)15(6-7-15)12-4-2-1-3-5-12/h1-5,13H,6-11H2,(H,16,17)/t13-/m1/s1. The van der Waals surface area contributed by atoms with E-state index in [1.54, 1.807) is 0 Å². The van der Waals surface area contributed by atoms with E-state index in [9.17, 15) is 4.79 Å². The molecule has 0 radical (unpaired) electrons. The summed E-state index contributed by atoms with van der Waals surface area (Å²) in [6.07, 6.45) is 1.99. The number of nitrogens with one attached hydrogen (secondary N) is 1. The molecule has 1 heterocycles. The van der Waals surface area contributed by atoms with Gasteiger partial charge in [-0.3, -0.25) is 4.79 Å². The molecule has 1 saturated carbocycles. The van der Waals surface area contributed by atoms with Gasteiger partial charge in [-0.15, -0.1) is 0 Å². The highest BCUT2D eigenvalue weighted by Gasteiger charge is 2.51. The number of carbonyl (C=O) groups excluding carboxylic acids is 1. The summed E-state index contributed by atoms with van der Waals surface area (Å²) >= 11 is 4.00. The van der Waals surface area contributed by atoms with E-state index in [1.807, 2.05) is 41.7 Å². The van der Waals surface area contributed by atoms with Gasteiger partial charge in [0.25, 0.3) is 0 Å². The average Bonchev–Trinajstić information content (AvgIpc) is 3.28. The molecule has 1 aromatic carbocycles. The quantitative estimate of drug-likeness (QED) is 0.925. The summed E-state index contributed by atoms with van der Waals surface area (Å²) in [5.74, 6) is 3.87. The summed E-state index contributed by atoms with van der Waals surface area (Å²) in [5.41, 5.74) is 0.964. The monoisotopic (exact) mass is 293 g/mol. The lowest BCUT2D eigenvalue weighted by Gasteiger charge is -2.23. The van der Waals surface area contributed by atoms with Gasteiger partial charge >= 0.3 is 0 Å². The normalized spacial score (nSPS) is 24.7. The molecule has 2 aliphatic rings. The molecule has 3 rings (SSSR count). The van der Waals surface area contributed by atoms with Crippen LogP contribution < -0.4 is 5.32 Å². The van der Waals surface area contributed by atoms with E-state index in [-0.39, 0.29) is 11.3 Å². The molecule has 1 amide bonds.